The molecule has 0 saturated heterocycles. The van der Waals surface area contributed by atoms with Crippen LogP contribution in [0.4, 0.5) is 14.5 Å². The van der Waals surface area contributed by atoms with E-state index >= 15 is 0 Å². The summed E-state index contributed by atoms with van der Waals surface area (Å²) in [5.41, 5.74) is 1.19. The van der Waals surface area contributed by atoms with Gasteiger partial charge in [0.05, 0.1) is 0 Å². The SMILES string of the molecule is CC(=O)c1ccc(NC(=O)CCSc2ccc(F)c(F)c2)cc1. The number of halogens is 2. The second-order valence-electron chi connectivity index (χ2n) is 4.86. The maximum atomic E-state index is 13.1. The largest absolute Gasteiger partial charge is 0.326 e. The molecule has 0 spiro atoms. The maximum Gasteiger partial charge on any atom is 0.225 e. The van der Waals surface area contributed by atoms with Gasteiger partial charge in [0.1, 0.15) is 0 Å². The average molecular weight is 335 g/mol. The Bertz CT molecular complexity index is 717. The molecule has 0 aliphatic carbocycles. The van der Waals surface area contributed by atoms with Crippen molar-refractivity contribution in [2.45, 2.75) is 18.2 Å². The van der Waals surface area contributed by atoms with Crippen molar-refractivity contribution < 1.29 is 18.4 Å². The predicted octanol–water partition coefficient (Wildman–Crippen LogP) is 4.29. The van der Waals surface area contributed by atoms with E-state index in [0.29, 0.717) is 21.9 Å². The van der Waals surface area contributed by atoms with Crippen molar-refractivity contribution in [2.24, 2.45) is 0 Å². The van der Waals surface area contributed by atoms with Crippen LogP contribution in [0.1, 0.15) is 23.7 Å². The van der Waals surface area contributed by atoms with Crippen LogP contribution in [-0.2, 0) is 4.79 Å². The normalized spacial score (nSPS) is 10.4. The zero-order chi connectivity index (χ0) is 16.8. The summed E-state index contributed by atoms with van der Waals surface area (Å²) < 4.78 is 25.9. The number of thioether (sulfide) groups is 1. The summed E-state index contributed by atoms with van der Waals surface area (Å²) in [7, 11) is 0. The number of Topliss-reactive ketones (excluding diaryl/α,β-unsaturated/α-hetero) is 1. The van der Waals surface area contributed by atoms with Gasteiger partial charge in [0.2, 0.25) is 5.91 Å². The fraction of sp³-hybridized carbons (Fsp3) is 0.176. The Balaban J connectivity index is 1.80. The molecule has 120 valence electrons. The molecule has 0 aliphatic heterocycles. The van der Waals surface area contributed by atoms with E-state index in [2.05, 4.69) is 5.32 Å². The van der Waals surface area contributed by atoms with Gasteiger partial charge in [-0.15, -0.1) is 11.8 Å². The third kappa shape index (κ3) is 5.17. The number of carbonyl (C=O) groups is 2. The lowest BCUT2D eigenvalue weighted by Gasteiger charge is -2.06. The van der Waals surface area contributed by atoms with Gasteiger partial charge < -0.3 is 5.32 Å². The van der Waals surface area contributed by atoms with Gasteiger partial charge in [-0.2, -0.15) is 0 Å². The van der Waals surface area contributed by atoms with E-state index in [4.69, 9.17) is 0 Å². The van der Waals surface area contributed by atoms with E-state index < -0.39 is 11.6 Å². The molecule has 0 aliphatic rings. The second-order valence-corrected chi connectivity index (χ2v) is 6.02. The summed E-state index contributed by atoms with van der Waals surface area (Å²) in [5, 5.41) is 2.72. The molecule has 0 aromatic heterocycles. The summed E-state index contributed by atoms with van der Waals surface area (Å²) >= 11 is 1.28. The van der Waals surface area contributed by atoms with Gasteiger partial charge in [-0.1, -0.05) is 0 Å². The molecule has 2 aromatic carbocycles. The highest BCUT2D eigenvalue weighted by atomic mass is 32.2. The second kappa shape index (κ2) is 7.87. The number of rotatable bonds is 6. The van der Waals surface area contributed by atoms with Crippen molar-refractivity contribution in [1.82, 2.24) is 0 Å². The fourth-order valence-electron chi connectivity index (χ4n) is 1.84. The summed E-state index contributed by atoms with van der Waals surface area (Å²) in [6, 6.07) is 10.3. The highest BCUT2D eigenvalue weighted by Crippen LogP contribution is 2.21. The summed E-state index contributed by atoms with van der Waals surface area (Å²) in [6.45, 7) is 1.48. The molecule has 0 fully saturated rings. The molecule has 0 atom stereocenters. The van der Waals surface area contributed by atoms with Gasteiger partial charge in [0, 0.05) is 28.3 Å². The van der Waals surface area contributed by atoms with Crippen molar-refractivity contribution in [1.29, 1.82) is 0 Å². The number of hydrogen-bond donors (Lipinski definition) is 1. The molecule has 0 heterocycles. The van der Waals surface area contributed by atoms with Crippen LogP contribution in [-0.4, -0.2) is 17.4 Å². The maximum absolute atomic E-state index is 13.1. The Morgan fingerprint density at radius 3 is 2.35 bits per heavy atom. The first-order chi connectivity index (χ1) is 11.0. The van der Waals surface area contributed by atoms with Crippen LogP contribution in [0.5, 0.6) is 0 Å². The van der Waals surface area contributed by atoms with Gasteiger partial charge in [-0.25, -0.2) is 8.78 Å². The molecular weight excluding hydrogens is 320 g/mol. The van der Waals surface area contributed by atoms with E-state index in [9.17, 15) is 18.4 Å². The third-order valence-corrected chi connectivity index (χ3v) is 4.06. The topological polar surface area (TPSA) is 46.2 Å². The summed E-state index contributed by atoms with van der Waals surface area (Å²) in [4.78, 5) is 23.5. The first-order valence-corrected chi connectivity index (χ1v) is 7.93. The molecule has 0 saturated carbocycles. The van der Waals surface area contributed by atoms with Crippen LogP contribution in [0.25, 0.3) is 0 Å². The van der Waals surface area contributed by atoms with Crippen LogP contribution in [0.15, 0.2) is 47.4 Å². The predicted molar refractivity (Wildman–Crippen MR) is 86.8 cm³/mol. The van der Waals surface area contributed by atoms with Crippen molar-refractivity contribution in [3.8, 4) is 0 Å². The van der Waals surface area contributed by atoms with Crippen LogP contribution < -0.4 is 5.32 Å². The molecule has 0 unspecified atom stereocenters. The fourth-order valence-corrected chi connectivity index (χ4v) is 2.71. The number of carbonyl (C=O) groups excluding carboxylic acids is 2. The van der Waals surface area contributed by atoms with Crippen molar-refractivity contribution in [3.63, 3.8) is 0 Å². The quantitative estimate of drug-likeness (QED) is 0.633. The Kier molecular flexibility index (Phi) is 5.87. The van der Waals surface area contributed by atoms with E-state index in [1.54, 1.807) is 24.3 Å². The van der Waals surface area contributed by atoms with Gasteiger partial charge in [0.15, 0.2) is 17.4 Å². The molecule has 0 radical (unpaired) electrons. The number of ketones is 1. The minimum Gasteiger partial charge on any atom is -0.326 e. The Morgan fingerprint density at radius 1 is 1.04 bits per heavy atom. The first-order valence-electron chi connectivity index (χ1n) is 6.94. The highest BCUT2D eigenvalue weighted by Gasteiger charge is 2.06. The first kappa shape index (κ1) is 17.1. The van der Waals surface area contributed by atoms with E-state index in [1.807, 2.05) is 0 Å². The van der Waals surface area contributed by atoms with Crippen molar-refractivity contribution in [3.05, 3.63) is 59.7 Å². The number of nitrogens with one attached hydrogen (secondary N) is 1. The number of hydrogen-bond acceptors (Lipinski definition) is 3. The van der Waals surface area contributed by atoms with E-state index in [1.165, 1.54) is 24.8 Å². The zero-order valence-electron chi connectivity index (χ0n) is 12.4. The molecule has 1 N–H and O–H groups in total. The molecule has 2 aromatic rings. The summed E-state index contributed by atoms with van der Waals surface area (Å²) in [6.07, 6.45) is 0.234. The molecule has 3 nitrogen and oxygen atoms in total. The van der Waals surface area contributed by atoms with E-state index in [0.717, 1.165) is 12.1 Å². The van der Waals surface area contributed by atoms with Gasteiger partial charge in [0.25, 0.3) is 0 Å². The molecule has 23 heavy (non-hydrogen) atoms. The monoisotopic (exact) mass is 335 g/mol. The lowest BCUT2D eigenvalue weighted by molar-refractivity contribution is -0.115. The Morgan fingerprint density at radius 2 is 1.74 bits per heavy atom. The lowest BCUT2D eigenvalue weighted by atomic mass is 10.1. The molecule has 2 rings (SSSR count). The lowest BCUT2D eigenvalue weighted by Crippen LogP contribution is -2.12. The average Bonchev–Trinajstić information content (AvgIpc) is 2.51. The highest BCUT2D eigenvalue weighted by molar-refractivity contribution is 7.99. The molecular formula is C17H15F2NO2S. The zero-order valence-corrected chi connectivity index (χ0v) is 13.3. The Hall–Kier alpha value is -2.21. The standard InChI is InChI=1S/C17H15F2NO2S/c1-11(21)12-2-4-13(5-3-12)20-17(22)8-9-23-14-6-7-15(18)16(19)10-14/h2-7,10H,8-9H2,1H3,(H,20,22). The van der Waals surface area contributed by atoms with Crippen molar-refractivity contribution in [2.75, 3.05) is 11.1 Å². The van der Waals surface area contributed by atoms with Crippen LogP contribution in [0.2, 0.25) is 0 Å². The van der Waals surface area contributed by atoms with E-state index in [-0.39, 0.29) is 18.1 Å². The number of amides is 1. The minimum absolute atomic E-state index is 0.0363. The van der Waals surface area contributed by atoms with Crippen LogP contribution in [0.3, 0.4) is 0 Å². The minimum atomic E-state index is -0.898. The summed E-state index contributed by atoms with van der Waals surface area (Å²) in [5.74, 6) is -1.56. The van der Waals surface area contributed by atoms with Gasteiger partial charge in [-0.3, -0.25) is 9.59 Å². The smallest absolute Gasteiger partial charge is 0.225 e. The van der Waals surface area contributed by atoms with Gasteiger partial charge in [-0.05, 0) is 49.4 Å². The third-order valence-electron chi connectivity index (χ3n) is 3.06. The Labute approximate surface area is 137 Å². The van der Waals surface area contributed by atoms with Crippen LogP contribution in [0, 0.1) is 11.6 Å². The van der Waals surface area contributed by atoms with Crippen molar-refractivity contribution >= 4 is 29.1 Å². The number of benzene rings is 2. The molecule has 0 bridgehead atoms. The molecule has 1 amide bonds. The molecule has 6 heteroatoms. The van der Waals surface area contributed by atoms with Gasteiger partial charge >= 0.3 is 0 Å². The number of anilines is 1. The van der Waals surface area contributed by atoms with Crippen LogP contribution >= 0.6 is 11.8 Å².